The third-order valence-corrected chi connectivity index (χ3v) is 12.2. The van der Waals surface area contributed by atoms with Crippen molar-refractivity contribution in [3.63, 3.8) is 0 Å². The van der Waals surface area contributed by atoms with Crippen LogP contribution in [0.4, 0.5) is 17.6 Å². The Morgan fingerprint density at radius 3 is 1.94 bits per heavy atom. The van der Waals surface area contributed by atoms with Gasteiger partial charge >= 0.3 is 6.18 Å². The van der Waals surface area contributed by atoms with E-state index in [4.69, 9.17) is 0 Å². The molecular formula is C29H38F4Si. The van der Waals surface area contributed by atoms with Gasteiger partial charge in [-0.2, -0.15) is 13.2 Å². The summed E-state index contributed by atoms with van der Waals surface area (Å²) in [6, 6.07) is 15.9. The van der Waals surface area contributed by atoms with Gasteiger partial charge in [-0.3, -0.25) is 0 Å². The molecule has 0 spiro atoms. The van der Waals surface area contributed by atoms with Crippen LogP contribution in [-0.2, 0) is 6.18 Å². The second kappa shape index (κ2) is 11.4. The van der Waals surface area contributed by atoms with Crippen LogP contribution in [0.15, 0.2) is 42.5 Å². The smallest absolute Gasteiger partial charge is 0.206 e. The van der Waals surface area contributed by atoms with Crippen molar-refractivity contribution < 1.29 is 17.6 Å². The fourth-order valence-corrected chi connectivity index (χ4v) is 9.91. The van der Waals surface area contributed by atoms with E-state index in [0.717, 1.165) is 29.5 Å². The fourth-order valence-electron chi connectivity index (χ4n) is 6.35. The predicted molar refractivity (Wildman–Crippen MR) is 135 cm³/mol. The number of hydrogen-bond acceptors (Lipinski definition) is 0. The summed E-state index contributed by atoms with van der Waals surface area (Å²) in [5.74, 6) is 1.20. The Labute approximate surface area is 203 Å². The van der Waals surface area contributed by atoms with E-state index in [9.17, 15) is 17.6 Å². The standard InChI is InChI=1S/C29H38F4Si/c1-2-17-34-18-15-22(16-19-34)4-3-21-5-7-23(8-6-21)24-9-11-25(12-10-24)26-13-14-27(28(30)20-26)29(31,32)33/h9-14,20-23,34H,2-8,15-19H2,1H3/t21-,22?,23-,34?. The average molecular weight is 491 g/mol. The molecule has 0 unspecified atom stereocenters. The minimum atomic E-state index is -4.67. The van der Waals surface area contributed by atoms with Gasteiger partial charge in [0.1, 0.15) is 5.82 Å². The summed E-state index contributed by atoms with van der Waals surface area (Å²) in [7, 11) is -0.367. The summed E-state index contributed by atoms with van der Waals surface area (Å²) in [5, 5.41) is 0. The van der Waals surface area contributed by atoms with Crippen molar-refractivity contribution >= 4 is 8.80 Å². The minimum Gasteiger partial charge on any atom is -0.206 e. The molecule has 1 heterocycles. The molecule has 0 atom stereocenters. The van der Waals surface area contributed by atoms with Crippen LogP contribution in [0.3, 0.4) is 0 Å². The summed E-state index contributed by atoms with van der Waals surface area (Å²) < 4.78 is 52.4. The van der Waals surface area contributed by atoms with E-state index in [-0.39, 0.29) is 8.80 Å². The Kier molecular flexibility index (Phi) is 8.55. The van der Waals surface area contributed by atoms with Gasteiger partial charge in [0, 0.05) is 8.80 Å². The highest BCUT2D eigenvalue weighted by molar-refractivity contribution is 6.58. The molecule has 186 valence electrons. The number of alkyl halides is 3. The first-order chi connectivity index (χ1) is 16.3. The largest absolute Gasteiger partial charge is 0.419 e. The first-order valence-corrected chi connectivity index (χ1v) is 15.8. The molecule has 1 saturated carbocycles. The lowest BCUT2D eigenvalue weighted by Gasteiger charge is -2.32. The first-order valence-electron chi connectivity index (χ1n) is 13.3. The van der Waals surface area contributed by atoms with Crippen LogP contribution in [0.1, 0.15) is 81.8 Å². The van der Waals surface area contributed by atoms with Crippen LogP contribution < -0.4 is 0 Å². The Bertz CT molecular complexity index is 905. The molecular weight excluding hydrogens is 452 g/mol. The van der Waals surface area contributed by atoms with Crippen molar-refractivity contribution in [1.82, 2.24) is 0 Å². The van der Waals surface area contributed by atoms with Crippen LogP contribution in [-0.4, -0.2) is 8.80 Å². The Hall–Kier alpha value is -1.62. The molecule has 4 rings (SSSR count). The van der Waals surface area contributed by atoms with E-state index in [0.29, 0.717) is 11.5 Å². The Morgan fingerprint density at radius 2 is 1.38 bits per heavy atom. The minimum absolute atomic E-state index is 0.367. The molecule has 34 heavy (non-hydrogen) atoms. The van der Waals surface area contributed by atoms with E-state index in [1.54, 1.807) is 18.1 Å². The highest BCUT2D eigenvalue weighted by Crippen LogP contribution is 2.40. The highest BCUT2D eigenvalue weighted by atomic mass is 28.3. The Morgan fingerprint density at radius 1 is 0.794 bits per heavy atom. The van der Waals surface area contributed by atoms with Gasteiger partial charge in [0.05, 0.1) is 5.56 Å². The van der Waals surface area contributed by atoms with Crippen LogP contribution in [0, 0.1) is 17.7 Å². The zero-order chi connectivity index (χ0) is 24.1. The molecule has 1 aliphatic heterocycles. The maximum absolute atomic E-state index is 14.0. The molecule has 0 bridgehead atoms. The lowest BCUT2D eigenvalue weighted by atomic mass is 9.76. The van der Waals surface area contributed by atoms with E-state index < -0.39 is 17.6 Å². The average Bonchev–Trinajstić information content (AvgIpc) is 2.83. The maximum atomic E-state index is 14.0. The lowest BCUT2D eigenvalue weighted by Crippen LogP contribution is -2.22. The Balaban J connectivity index is 1.25. The van der Waals surface area contributed by atoms with Gasteiger partial charge in [-0.1, -0.05) is 87.5 Å². The summed E-state index contributed by atoms with van der Waals surface area (Å²) in [6.07, 6.45) is 7.60. The molecule has 0 radical (unpaired) electrons. The van der Waals surface area contributed by atoms with E-state index in [1.165, 1.54) is 69.4 Å². The molecule has 2 aromatic carbocycles. The number of halogens is 4. The van der Waals surface area contributed by atoms with Crippen LogP contribution in [0.5, 0.6) is 0 Å². The van der Waals surface area contributed by atoms with Crippen molar-refractivity contribution in [2.45, 2.75) is 94.9 Å². The quantitative estimate of drug-likeness (QED) is 0.268. The maximum Gasteiger partial charge on any atom is 0.419 e. The topological polar surface area (TPSA) is 0 Å². The molecule has 2 aromatic rings. The van der Waals surface area contributed by atoms with Crippen molar-refractivity contribution in [3.8, 4) is 11.1 Å². The van der Waals surface area contributed by atoms with Gasteiger partial charge < -0.3 is 0 Å². The summed E-state index contributed by atoms with van der Waals surface area (Å²) in [5.41, 5.74) is 1.32. The van der Waals surface area contributed by atoms with Crippen molar-refractivity contribution in [2.24, 2.45) is 11.8 Å². The summed E-state index contributed by atoms with van der Waals surface area (Å²) in [4.78, 5) is 0. The zero-order valence-corrected chi connectivity index (χ0v) is 21.5. The molecule has 5 heteroatoms. The van der Waals surface area contributed by atoms with Gasteiger partial charge in [0.15, 0.2) is 0 Å². The molecule has 1 saturated heterocycles. The van der Waals surface area contributed by atoms with E-state index >= 15 is 0 Å². The van der Waals surface area contributed by atoms with Gasteiger partial charge in [-0.25, -0.2) is 4.39 Å². The summed E-state index contributed by atoms with van der Waals surface area (Å²) in [6.45, 7) is 2.34. The van der Waals surface area contributed by atoms with E-state index in [1.807, 2.05) is 12.1 Å². The fraction of sp³-hybridized carbons (Fsp3) is 0.586. The van der Waals surface area contributed by atoms with Crippen molar-refractivity contribution in [3.05, 3.63) is 59.4 Å². The van der Waals surface area contributed by atoms with Crippen molar-refractivity contribution in [2.75, 3.05) is 0 Å². The third kappa shape index (κ3) is 6.53. The number of rotatable bonds is 7. The zero-order valence-electron chi connectivity index (χ0n) is 20.3. The third-order valence-electron chi connectivity index (χ3n) is 8.48. The summed E-state index contributed by atoms with van der Waals surface area (Å²) >= 11 is 0. The SMILES string of the molecule is CCC[SiH]1CCC(CC[C@H]2CC[C@H](c3ccc(-c4ccc(C(F)(F)F)c(F)c4)cc3)CC2)CC1. The van der Waals surface area contributed by atoms with Gasteiger partial charge in [-0.15, -0.1) is 0 Å². The normalized spacial score (nSPS) is 25.9. The number of hydrogen-bond donors (Lipinski definition) is 0. The lowest BCUT2D eigenvalue weighted by molar-refractivity contribution is -0.139. The highest BCUT2D eigenvalue weighted by Gasteiger charge is 2.34. The monoisotopic (exact) mass is 490 g/mol. The molecule has 0 N–H and O–H groups in total. The first kappa shape index (κ1) is 25.5. The van der Waals surface area contributed by atoms with Gasteiger partial charge in [0.2, 0.25) is 0 Å². The molecule has 0 aromatic heterocycles. The van der Waals surface area contributed by atoms with E-state index in [2.05, 4.69) is 19.1 Å². The molecule has 2 fully saturated rings. The van der Waals surface area contributed by atoms with Crippen LogP contribution in [0.2, 0.25) is 18.1 Å². The van der Waals surface area contributed by atoms with Gasteiger partial charge in [0.25, 0.3) is 0 Å². The second-order valence-electron chi connectivity index (χ2n) is 10.8. The van der Waals surface area contributed by atoms with Crippen LogP contribution in [0.25, 0.3) is 11.1 Å². The molecule has 0 amide bonds. The molecule has 1 aliphatic carbocycles. The molecule has 0 nitrogen and oxygen atoms in total. The van der Waals surface area contributed by atoms with Gasteiger partial charge in [-0.05, 0) is 72.3 Å². The van der Waals surface area contributed by atoms with Crippen molar-refractivity contribution in [1.29, 1.82) is 0 Å². The van der Waals surface area contributed by atoms with Crippen LogP contribution >= 0.6 is 0 Å². The predicted octanol–water partition coefficient (Wildman–Crippen LogP) is 9.61. The second-order valence-corrected chi connectivity index (χ2v) is 14.2. The number of benzene rings is 2. The molecule has 2 aliphatic rings.